The first-order valence-corrected chi connectivity index (χ1v) is 8.06. The molecule has 18 heavy (non-hydrogen) atoms. The third kappa shape index (κ3) is 3.71. The largest absolute Gasteiger partial charge is 0.385 e. The molecule has 1 fully saturated rings. The Morgan fingerprint density at radius 3 is 2.72 bits per heavy atom. The standard InChI is InChI=1S/C13H19NO3S/c1-18(15,16)13-4-2-3-12(9-13)14-10-11-5-7-17-8-6-11/h2-4,9,11,14H,5-8,10H2,1H3. The SMILES string of the molecule is CS(=O)(=O)c1cccc(NCC2CCOCC2)c1. The molecule has 1 aliphatic heterocycles. The fourth-order valence-electron chi connectivity index (χ4n) is 2.05. The molecule has 0 unspecified atom stereocenters. The van der Waals surface area contributed by atoms with Crippen molar-refractivity contribution in [1.29, 1.82) is 0 Å². The lowest BCUT2D eigenvalue weighted by molar-refractivity contribution is 0.0699. The van der Waals surface area contributed by atoms with Gasteiger partial charge in [0, 0.05) is 31.7 Å². The molecule has 0 spiro atoms. The molecule has 100 valence electrons. The van der Waals surface area contributed by atoms with Crippen molar-refractivity contribution in [2.24, 2.45) is 5.92 Å². The number of hydrogen-bond donors (Lipinski definition) is 1. The van der Waals surface area contributed by atoms with Crippen molar-refractivity contribution in [2.75, 3.05) is 31.3 Å². The van der Waals surface area contributed by atoms with Gasteiger partial charge in [0.2, 0.25) is 0 Å². The second-order valence-corrected chi connectivity index (χ2v) is 6.75. The molecule has 0 radical (unpaired) electrons. The van der Waals surface area contributed by atoms with Crippen LogP contribution in [0.1, 0.15) is 12.8 Å². The molecular formula is C13H19NO3S. The van der Waals surface area contributed by atoms with Gasteiger partial charge in [0.15, 0.2) is 9.84 Å². The third-order valence-electron chi connectivity index (χ3n) is 3.20. The topological polar surface area (TPSA) is 55.4 Å². The van der Waals surface area contributed by atoms with E-state index in [4.69, 9.17) is 4.74 Å². The molecule has 0 aromatic heterocycles. The normalized spacial score (nSPS) is 17.6. The summed E-state index contributed by atoms with van der Waals surface area (Å²) in [5, 5.41) is 3.31. The highest BCUT2D eigenvalue weighted by molar-refractivity contribution is 7.90. The van der Waals surface area contributed by atoms with Crippen LogP contribution in [0.15, 0.2) is 29.2 Å². The maximum absolute atomic E-state index is 11.4. The number of benzene rings is 1. The number of anilines is 1. The molecule has 2 rings (SSSR count). The summed E-state index contributed by atoms with van der Waals surface area (Å²) in [4.78, 5) is 0.361. The van der Waals surface area contributed by atoms with Gasteiger partial charge < -0.3 is 10.1 Å². The Hall–Kier alpha value is -1.07. The zero-order valence-corrected chi connectivity index (χ0v) is 11.4. The second kappa shape index (κ2) is 5.71. The number of nitrogens with one attached hydrogen (secondary N) is 1. The van der Waals surface area contributed by atoms with Gasteiger partial charge in [-0.3, -0.25) is 0 Å². The molecule has 0 saturated carbocycles. The zero-order chi connectivity index (χ0) is 13.0. The quantitative estimate of drug-likeness (QED) is 0.907. The highest BCUT2D eigenvalue weighted by Gasteiger charge is 2.13. The van der Waals surface area contributed by atoms with Gasteiger partial charge in [-0.2, -0.15) is 0 Å². The Morgan fingerprint density at radius 1 is 1.33 bits per heavy atom. The lowest BCUT2D eigenvalue weighted by Crippen LogP contribution is -2.22. The van der Waals surface area contributed by atoms with Gasteiger partial charge in [-0.25, -0.2) is 8.42 Å². The molecule has 5 heteroatoms. The van der Waals surface area contributed by atoms with Crippen molar-refractivity contribution in [3.05, 3.63) is 24.3 Å². The van der Waals surface area contributed by atoms with E-state index < -0.39 is 9.84 Å². The van der Waals surface area contributed by atoms with Crippen molar-refractivity contribution in [3.8, 4) is 0 Å². The van der Waals surface area contributed by atoms with Gasteiger partial charge in [-0.1, -0.05) is 6.07 Å². The molecule has 0 bridgehead atoms. The lowest BCUT2D eigenvalue weighted by atomic mass is 10.0. The van der Waals surface area contributed by atoms with Crippen LogP contribution < -0.4 is 5.32 Å². The number of hydrogen-bond acceptors (Lipinski definition) is 4. The molecular weight excluding hydrogens is 250 g/mol. The number of rotatable bonds is 4. The van der Waals surface area contributed by atoms with E-state index >= 15 is 0 Å². The fourth-order valence-corrected chi connectivity index (χ4v) is 2.72. The van der Waals surface area contributed by atoms with E-state index in [1.807, 2.05) is 6.07 Å². The first-order chi connectivity index (χ1) is 8.55. The van der Waals surface area contributed by atoms with E-state index in [9.17, 15) is 8.42 Å². The molecule has 0 aliphatic carbocycles. The highest BCUT2D eigenvalue weighted by atomic mass is 32.2. The average Bonchev–Trinajstić information content (AvgIpc) is 2.37. The molecule has 1 aromatic carbocycles. The maximum atomic E-state index is 11.4. The Balaban J connectivity index is 1.97. The first-order valence-electron chi connectivity index (χ1n) is 6.17. The van der Waals surface area contributed by atoms with Gasteiger partial charge in [-0.15, -0.1) is 0 Å². The van der Waals surface area contributed by atoms with Gasteiger partial charge >= 0.3 is 0 Å². The number of sulfone groups is 1. The lowest BCUT2D eigenvalue weighted by Gasteiger charge is -2.22. The molecule has 1 N–H and O–H groups in total. The molecule has 1 heterocycles. The van der Waals surface area contributed by atoms with Gasteiger partial charge in [0.05, 0.1) is 4.90 Å². The summed E-state index contributed by atoms with van der Waals surface area (Å²) in [6.07, 6.45) is 3.36. The van der Waals surface area contributed by atoms with E-state index in [1.54, 1.807) is 18.2 Å². The summed E-state index contributed by atoms with van der Waals surface area (Å²) < 4.78 is 28.2. The van der Waals surface area contributed by atoms with Crippen LogP contribution in [-0.4, -0.2) is 34.4 Å². The van der Waals surface area contributed by atoms with Crippen LogP contribution in [0.25, 0.3) is 0 Å². The highest BCUT2D eigenvalue weighted by Crippen LogP contribution is 2.18. The molecule has 0 atom stereocenters. The van der Waals surface area contributed by atoms with Crippen LogP contribution in [0.2, 0.25) is 0 Å². The van der Waals surface area contributed by atoms with E-state index in [0.717, 1.165) is 38.3 Å². The summed E-state index contributed by atoms with van der Waals surface area (Å²) in [5.41, 5.74) is 0.865. The predicted molar refractivity (Wildman–Crippen MR) is 71.6 cm³/mol. The van der Waals surface area contributed by atoms with E-state index in [-0.39, 0.29) is 0 Å². The van der Waals surface area contributed by atoms with Crippen molar-refractivity contribution >= 4 is 15.5 Å². The Morgan fingerprint density at radius 2 is 2.06 bits per heavy atom. The fraction of sp³-hybridized carbons (Fsp3) is 0.538. The van der Waals surface area contributed by atoms with Gasteiger partial charge in [-0.05, 0) is 37.0 Å². The minimum Gasteiger partial charge on any atom is -0.385 e. The van der Waals surface area contributed by atoms with Crippen LogP contribution in [0.5, 0.6) is 0 Å². The molecule has 1 aromatic rings. The molecule has 1 saturated heterocycles. The number of ether oxygens (including phenoxy) is 1. The molecule has 4 nitrogen and oxygen atoms in total. The summed E-state index contributed by atoms with van der Waals surface area (Å²) in [6, 6.07) is 6.97. The predicted octanol–water partition coefficient (Wildman–Crippen LogP) is 1.93. The van der Waals surface area contributed by atoms with Gasteiger partial charge in [0.25, 0.3) is 0 Å². The maximum Gasteiger partial charge on any atom is 0.175 e. The summed E-state index contributed by atoms with van der Waals surface area (Å²) in [6.45, 7) is 2.53. The van der Waals surface area contributed by atoms with E-state index in [2.05, 4.69) is 5.32 Å². The van der Waals surface area contributed by atoms with Crippen LogP contribution in [0.4, 0.5) is 5.69 Å². The Bertz CT molecular complexity index is 493. The van der Waals surface area contributed by atoms with Crippen molar-refractivity contribution in [2.45, 2.75) is 17.7 Å². The Labute approximate surface area is 108 Å². The van der Waals surface area contributed by atoms with Crippen LogP contribution in [-0.2, 0) is 14.6 Å². The minimum atomic E-state index is -3.13. The van der Waals surface area contributed by atoms with E-state index in [1.165, 1.54) is 6.26 Å². The van der Waals surface area contributed by atoms with E-state index in [0.29, 0.717) is 10.8 Å². The average molecular weight is 269 g/mol. The van der Waals surface area contributed by atoms with Gasteiger partial charge in [0.1, 0.15) is 0 Å². The van der Waals surface area contributed by atoms with Crippen molar-refractivity contribution < 1.29 is 13.2 Å². The summed E-state index contributed by atoms with van der Waals surface area (Å²) >= 11 is 0. The van der Waals surface area contributed by atoms with Crippen LogP contribution >= 0.6 is 0 Å². The first kappa shape index (κ1) is 13.4. The second-order valence-electron chi connectivity index (χ2n) is 4.74. The Kier molecular flexibility index (Phi) is 4.24. The molecule has 1 aliphatic rings. The zero-order valence-electron chi connectivity index (χ0n) is 10.6. The monoisotopic (exact) mass is 269 g/mol. The minimum absolute atomic E-state index is 0.361. The summed E-state index contributed by atoms with van der Waals surface area (Å²) in [5.74, 6) is 0.612. The molecule has 0 amide bonds. The van der Waals surface area contributed by atoms with Crippen LogP contribution in [0, 0.1) is 5.92 Å². The summed E-state index contributed by atoms with van der Waals surface area (Å²) in [7, 11) is -3.13. The smallest absolute Gasteiger partial charge is 0.175 e. The van der Waals surface area contributed by atoms with Crippen LogP contribution in [0.3, 0.4) is 0 Å². The van der Waals surface area contributed by atoms with Crippen molar-refractivity contribution in [1.82, 2.24) is 0 Å². The third-order valence-corrected chi connectivity index (χ3v) is 4.31. The van der Waals surface area contributed by atoms with Crippen molar-refractivity contribution in [3.63, 3.8) is 0 Å².